The fraction of sp³-hybridized carbons (Fsp3) is 0.318. The number of thioether (sulfide) groups is 1. The van der Waals surface area contributed by atoms with Crippen LogP contribution in [-0.4, -0.2) is 33.5 Å². The molecule has 7 heteroatoms. The molecule has 2 aromatic carbocycles. The molecule has 1 aliphatic heterocycles. The zero-order chi connectivity index (χ0) is 20.1. The standard InChI is InChI=1S/C22H24N4O2S/c1-28-18-10-12-19(13-11-18)29-15-21(27)23-17-8-6-16(7-9-17)22-25-24-20-5-3-2-4-14-26(20)22/h6-13H,2-5,14-15H2,1H3,(H,23,27). The number of carbonyl (C=O) groups excluding carboxylic acids is 1. The van der Waals surface area contributed by atoms with Gasteiger partial charge in [0.05, 0.1) is 12.9 Å². The lowest BCUT2D eigenvalue weighted by atomic mass is 10.2. The summed E-state index contributed by atoms with van der Waals surface area (Å²) in [5.74, 6) is 3.12. The number of anilines is 1. The van der Waals surface area contributed by atoms with Crippen LogP contribution in [0.1, 0.15) is 25.1 Å². The van der Waals surface area contributed by atoms with E-state index in [-0.39, 0.29) is 5.91 Å². The second-order valence-corrected chi connectivity index (χ2v) is 8.04. The summed E-state index contributed by atoms with van der Waals surface area (Å²) in [6.07, 6.45) is 4.57. The van der Waals surface area contributed by atoms with E-state index in [1.165, 1.54) is 24.6 Å². The van der Waals surface area contributed by atoms with E-state index >= 15 is 0 Å². The van der Waals surface area contributed by atoms with E-state index in [1.54, 1.807) is 7.11 Å². The number of fused-ring (bicyclic) bond motifs is 1. The van der Waals surface area contributed by atoms with E-state index in [0.29, 0.717) is 5.75 Å². The first-order chi connectivity index (χ1) is 14.2. The zero-order valence-electron chi connectivity index (χ0n) is 16.4. The Balaban J connectivity index is 1.35. The minimum absolute atomic E-state index is 0.0325. The van der Waals surface area contributed by atoms with Crippen LogP contribution in [0.25, 0.3) is 11.4 Å². The highest BCUT2D eigenvalue weighted by Crippen LogP contribution is 2.25. The number of rotatable bonds is 6. The minimum atomic E-state index is -0.0325. The molecule has 1 aliphatic rings. The topological polar surface area (TPSA) is 69.0 Å². The highest BCUT2D eigenvalue weighted by molar-refractivity contribution is 8.00. The second kappa shape index (κ2) is 9.13. The SMILES string of the molecule is COc1ccc(SCC(=O)Nc2ccc(-c3nnc4n3CCCCC4)cc2)cc1. The van der Waals surface area contributed by atoms with E-state index in [0.717, 1.165) is 52.9 Å². The molecule has 0 aliphatic carbocycles. The van der Waals surface area contributed by atoms with Crippen LogP contribution in [0.4, 0.5) is 5.69 Å². The Kier molecular flexibility index (Phi) is 6.14. The van der Waals surface area contributed by atoms with E-state index in [2.05, 4.69) is 20.1 Å². The largest absolute Gasteiger partial charge is 0.497 e. The average Bonchev–Trinajstić information content (AvgIpc) is 3.01. The molecule has 2 heterocycles. The van der Waals surface area contributed by atoms with Crippen molar-refractivity contribution >= 4 is 23.4 Å². The predicted molar refractivity (Wildman–Crippen MR) is 115 cm³/mol. The number of hydrogen-bond acceptors (Lipinski definition) is 5. The van der Waals surface area contributed by atoms with Gasteiger partial charge in [0, 0.05) is 29.1 Å². The van der Waals surface area contributed by atoms with Crippen molar-refractivity contribution in [2.75, 3.05) is 18.2 Å². The maximum atomic E-state index is 12.3. The Morgan fingerprint density at radius 3 is 2.62 bits per heavy atom. The van der Waals surface area contributed by atoms with E-state index in [1.807, 2.05) is 48.5 Å². The molecule has 3 aromatic rings. The number of benzene rings is 2. The first kappa shape index (κ1) is 19.5. The second-order valence-electron chi connectivity index (χ2n) is 6.99. The molecule has 0 saturated carbocycles. The van der Waals surface area contributed by atoms with Crippen LogP contribution in [0, 0.1) is 0 Å². The van der Waals surface area contributed by atoms with Gasteiger partial charge < -0.3 is 14.6 Å². The van der Waals surface area contributed by atoms with Gasteiger partial charge in [0.25, 0.3) is 0 Å². The number of aryl methyl sites for hydroxylation is 1. The first-order valence-corrected chi connectivity index (χ1v) is 10.8. The third-order valence-electron chi connectivity index (χ3n) is 4.97. The molecule has 29 heavy (non-hydrogen) atoms. The Morgan fingerprint density at radius 1 is 1.07 bits per heavy atom. The fourth-order valence-electron chi connectivity index (χ4n) is 3.42. The Labute approximate surface area is 174 Å². The molecular weight excluding hydrogens is 384 g/mol. The van der Waals surface area contributed by atoms with Gasteiger partial charge in [-0.25, -0.2) is 0 Å². The molecule has 1 aromatic heterocycles. The highest BCUT2D eigenvalue weighted by atomic mass is 32.2. The summed E-state index contributed by atoms with van der Waals surface area (Å²) in [6, 6.07) is 15.5. The molecule has 1 amide bonds. The van der Waals surface area contributed by atoms with Crippen molar-refractivity contribution in [1.82, 2.24) is 14.8 Å². The third-order valence-corrected chi connectivity index (χ3v) is 5.98. The molecule has 150 valence electrons. The van der Waals surface area contributed by atoms with Crippen molar-refractivity contribution in [3.05, 3.63) is 54.4 Å². The lowest BCUT2D eigenvalue weighted by Crippen LogP contribution is -2.13. The van der Waals surface area contributed by atoms with Crippen LogP contribution < -0.4 is 10.1 Å². The van der Waals surface area contributed by atoms with Crippen molar-refractivity contribution in [3.8, 4) is 17.1 Å². The summed E-state index contributed by atoms with van der Waals surface area (Å²) in [6.45, 7) is 0.971. The number of methoxy groups -OCH3 is 1. The molecule has 0 unspecified atom stereocenters. The van der Waals surface area contributed by atoms with Gasteiger partial charge in [-0.05, 0) is 61.4 Å². The molecule has 0 fully saturated rings. The van der Waals surface area contributed by atoms with Gasteiger partial charge in [0.1, 0.15) is 11.6 Å². The number of amides is 1. The Hall–Kier alpha value is -2.80. The number of aromatic nitrogens is 3. The van der Waals surface area contributed by atoms with E-state index in [4.69, 9.17) is 4.74 Å². The summed E-state index contributed by atoms with van der Waals surface area (Å²) in [5.41, 5.74) is 1.81. The molecular formula is C22H24N4O2S. The van der Waals surface area contributed by atoms with Crippen LogP contribution in [0.3, 0.4) is 0 Å². The van der Waals surface area contributed by atoms with Crippen molar-refractivity contribution < 1.29 is 9.53 Å². The Morgan fingerprint density at radius 2 is 1.86 bits per heavy atom. The molecule has 1 N–H and O–H groups in total. The molecule has 0 atom stereocenters. The lowest BCUT2D eigenvalue weighted by Gasteiger charge is -2.09. The molecule has 0 spiro atoms. The third kappa shape index (κ3) is 4.79. The minimum Gasteiger partial charge on any atom is -0.497 e. The quantitative estimate of drug-likeness (QED) is 0.612. The fourth-order valence-corrected chi connectivity index (χ4v) is 4.12. The van der Waals surface area contributed by atoms with Gasteiger partial charge in [-0.2, -0.15) is 0 Å². The van der Waals surface area contributed by atoms with E-state index in [9.17, 15) is 4.79 Å². The molecule has 0 saturated heterocycles. The molecule has 0 bridgehead atoms. The zero-order valence-corrected chi connectivity index (χ0v) is 17.2. The summed E-state index contributed by atoms with van der Waals surface area (Å²) < 4.78 is 7.38. The maximum absolute atomic E-state index is 12.3. The number of ether oxygens (including phenoxy) is 1. The molecule has 0 radical (unpaired) electrons. The summed E-state index contributed by atoms with van der Waals surface area (Å²) in [5, 5.41) is 11.7. The highest BCUT2D eigenvalue weighted by Gasteiger charge is 2.16. The number of nitrogens with zero attached hydrogens (tertiary/aromatic N) is 3. The van der Waals surface area contributed by atoms with E-state index < -0.39 is 0 Å². The van der Waals surface area contributed by atoms with Crippen molar-refractivity contribution in [1.29, 1.82) is 0 Å². The van der Waals surface area contributed by atoms with Crippen LogP contribution in [-0.2, 0) is 17.8 Å². The monoisotopic (exact) mass is 408 g/mol. The lowest BCUT2D eigenvalue weighted by molar-refractivity contribution is -0.113. The van der Waals surface area contributed by atoms with Gasteiger partial charge in [-0.15, -0.1) is 22.0 Å². The van der Waals surface area contributed by atoms with Gasteiger partial charge in [0.2, 0.25) is 5.91 Å². The van der Waals surface area contributed by atoms with Crippen LogP contribution in [0.5, 0.6) is 5.75 Å². The summed E-state index contributed by atoms with van der Waals surface area (Å²) in [7, 11) is 1.64. The van der Waals surface area contributed by atoms with Gasteiger partial charge >= 0.3 is 0 Å². The van der Waals surface area contributed by atoms with Crippen LogP contribution in [0.15, 0.2) is 53.4 Å². The van der Waals surface area contributed by atoms with Crippen molar-refractivity contribution in [2.24, 2.45) is 0 Å². The van der Waals surface area contributed by atoms with Crippen molar-refractivity contribution in [3.63, 3.8) is 0 Å². The number of nitrogens with one attached hydrogen (secondary N) is 1. The number of hydrogen-bond donors (Lipinski definition) is 1. The van der Waals surface area contributed by atoms with Crippen LogP contribution >= 0.6 is 11.8 Å². The average molecular weight is 409 g/mol. The maximum Gasteiger partial charge on any atom is 0.234 e. The van der Waals surface area contributed by atoms with Gasteiger partial charge in [-0.3, -0.25) is 4.79 Å². The molecule has 6 nitrogen and oxygen atoms in total. The first-order valence-electron chi connectivity index (χ1n) is 9.82. The predicted octanol–water partition coefficient (Wildman–Crippen LogP) is 4.41. The van der Waals surface area contributed by atoms with Crippen LogP contribution in [0.2, 0.25) is 0 Å². The Bertz CT molecular complexity index is 967. The number of carbonyl (C=O) groups is 1. The normalized spacial score (nSPS) is 13.4. The summed E-state index contributed by atoms with van der Waals surface area (Å²) in [4.78, 5) is 13.3. The van der Waals surface area contributed by atoms with Gasteiger partial charge in [-0.1, -0.05) is 6.42 Å². The summed E-state index contributed by atoms with van der Waals surface area (Å²) >= 11 is 1.50. The van der Waals surface area contributed by atoms with Crippen molar-refractivity contribution in [2.45, 2.75) is 37.1 Å². The van der Waals surface area contributed by atoms with Gasteiger partial charge in [0.15, 0.2) is 5.82 Å². The molecule has 4 rings (SSSR count). The smallest absolute Gasteiger partial charge is 0.234 e.